The van der Waals surface area contributed by atoms with Crippen LogP contribution >= 0.6 is 0 Å². The number of carboxylic acid groups (broad SMARTS) is 1. The van der Waals surface area contributed by atoms with Gasteiger partial charge in [0.1, 0.15) is 0 Å². The Morgan fingerprint density at radius 3 is 2.75 bits per heavy atom. The van der Waals surface area contributed by atoms with E-state index < -0.39 is 5.97 Å². The minimum absolute atomic E-state index is 0.148. The molecule has 16 heavy (non-hydrogen) atoms. The van der Waals surface area contributed by atoms with E-state index in [1.165, 1.54) is 18.3 Å². The summed E-state index contributed by atoms with van der Waals surface area (Å²) in [6.45, 7) is 0. The van der Waals surface area contributed by atoms with Crippen LogP contribution in [0.1, 0.15) is 10.4 Å². The molecular weight excluding hydrogens is 208 g/mol. The van der Waals surface area contributed by atoms with Gasteiger partial charge in [0, 0.05) is 11.6 Å². The van der Waals surface area contributed by atoms with Gasteiger partial charge in [-0.3, -0.25) is 4.79 Å². The summed E-state index contributed by atoms with van der Waals surface area (Å²) in [5, 5.41) is 14.9. The molecule has 0 atom stereocenters. The second-order valence-electron chi connectivity index (χ2n) is 3.18. The van der Waals surface area contributed by atoms with Crippen LogP contribution in [0.2, 0.25) is 0 Å². The molecule has 0 saturated heterocycles. The molecule has 2 aromatic rings. The van der Waals surface area contributed by atoms with Crippen LogP contribution in [-0.2, 0) is 0 Å². The van der Waals surface area contributed by atoms with Crippen molar-refractivity contribution in [3.05, 3.63) is 52.4 Å². The maximum atomic E-state index is 11.1. The van der Waals surface area contributed by atoms with Gasteiger partial charge >= 0.3 is 5.97 Å². The average molecular weight is 216 g/mol. The number of aromatic nitrogens is 2. The van der Waals surface area contributed by atoms with E-state index >= 15 is 0 Å². The van der Waals surface area contributed by atoms with Gasteiger partial charge in [-0.25, -0.2) is 9.89 Å². The Bertz CT molecular complexity index is 590. The van der Waals surface area contributed by atoms with Gasteiger partial charge in [0.05, 0.1) is 11.8 Å². The fourth-order valence-corrected chi connectivity index (χ4v) is 1.44. The zero-order valence-corrected chi connectivity index (χ0v) is 8.18. The van der Waals surface area contributed by atoms with Crippen LogP contribution in [-0.4, -0.2) is 21.3 Å². The predicted molar refractivity (Wildman–Crippen MR) is 57.3 cm³/mol. The molecule has 0 amide bonds. The first-order valence-electron chi connectivity index (χ1n) is 4.56. The van der Waals surface area contributed by atoms with Crippen molar-refractivity contribution in [2.24, 2.45) is 0 Å². The normalized spacial score (nSPS) is 10.0. The topological polar surface area (TPSA) is 83.0 Å². The number of H-pyrrole nitrogens is 1. The standard InChI is InChI=1S/C11H8N2O3/c14-10-5-7(6-12-13-10)8-3-1-2-4-9(8)11(15)16/h1-6H,(H,13,14)(H,15,16). The van der Waals surface area contributed by atoms with Crippen molar-refractivity contribution in [2.75, 3.05) is 0 Å². The van der Waals surface area contributed by atoms with E-state index in [1.54, 1.807) is 18.2 Å². The molecule has 1 aromatic carbocycles. The Kier molecular flexibility index (Phi) is 2.51. The van der Waals surface area contributed by atoms with Crippen LogP contribution in [0.3, 0.4) is 0 Å². The van der Waals surface area contributed by atoms with Gasteiger partial charge < -0.3 is 5.11 Å². The number of carboxylic acids is 1. The molecular formula is C11H8N2O3. The molecule has 2 N–H and O–H groups in total. The maximum absolute atomic E-state index is 11.1. The van der Waals surface area contributed by atoms with Crippen LogP contribution in [0.25, 0.3) is 11.1 Å². The largest absolute Gasteiger partial charge is 0.478 e. The molecule has 0 fully saturated rings. The lowest BCUT2D eigenvalue weighted by atomic mass is 10.0. The molecule has 0 bridgehead atoms. The van der Waals surface area contributed by atoms with Gasteiger partial charge in [0.15, 0.2) is 0 Å². The van der Waals surface area contributed by atoms with Crippen molar-refractivity contribution in [1.82, 2.24) is 10.2 Å². The van der Waals surface area contributed by atoms with Gasteiger partial charge in [-0.05, 0) is 11.6 Å². The highest BCUT2D eigenvalue weighted by molar-refractivity contribution is 5.95. The van der Waals surface area contributed by atoms with Crippen molar-refractivity contribution in [1.29, 1.82) is 0 Å². The first-order valence-corrected chi connectivity index (χ1v) is 4.56. The third-order valence-corrected chi connectivity index (χ3v) is 2.13. The van der Waals surface area contributed by atoms with E-state index in [-0.39, 0.29) is 11.1 Å². The number of carbonyl (C=O) groups is 1. The number of benzene rings is 1. The molecule has 1 aromatic heterocycles. The zero-order chi connectivity index (χ0) is 11.5. The van der Waals surface area contributed by atoms with Crippen LogP contribution in [0.5, 0.6) is 0 Å². The molecule has 0 aliphatic carbocycles. The Balaban J connectivity index is 2.64. The summed E-state index contributed by atoms with van der Waals surface area (Å²) in [5.41, 5.74) is 0.753. The number of hydrogen-bond acceptors (Lipinski definition) is 3. The molecule has 0 aliphatic rings. The van der Waals surface area contributed by atoms with E-state index in [9.17, 15) is 9.59 Å². The lowest BCUT2D eigenvalue weighted by Gasteiger charge is -2.04. The summed E-state index contributed by atoms with van der Waals surface area (Å²) >= 11 is 0. The minimum atomic E-state index is -1.03. The monoisotopic (exact) mass is 216 g/mol. The van der Waals surface area contributed by atoms with Crippen molar-refractivity contribution in [3.63, 3.8) is 0 Å². The SMILES string of the molecule is O=C(O)c1ccccc1-c1cn[nH]c(=O)c1. The second kappa shape index (κ2) is 3.98. The van der Waals surface area contributed by atoms with Crippen molar-refractivity contribution < 1.29 is 9.90 Å². The highest BCUT2D eigenvalue weighted by atomic mass is 16.4. The Labute approximate surface area is 90.4 Å². The van der Waals surface area contributed by atoms with Crippen molar-refractivity contribution >= 4 is 5.97 Å². The number of hydrogen-bond donors (Lipinski definition) is 2. The van der Waals surface area contributed by atoms with Gasteiger partial charge in [-0.15, -0.1) is 0 Å². The lowest BCUT2D eigenvalue weighted by Crippen LogP contribution is -2.07. The average Bonchev–Trinajstić information content (AvgIpc) is 2.29. The Hall–Kier alpha value is -2.43. The van der Waals surface area contributed by atoms with E-state index in [0.717, 1.165) is 0 Å². The van der Waals surface area contributed by atoms with Crippen molar-refractivity contribution in [3.8, 4) is 11.1 Å². The first-order chi connectivity index (χ1) is 7.68. The summed E-state index contributed by atoms with van der Waals surface area (Å²) in [6, 6.07) is 7.78. The van der Waals surface area contributed by atoms with E-state index in [4.69, 9.17) is 5.11 Å². The molecule has 0 unspecified atom stereocenters. The predicted octanol–water partition coefficient (Wildman–Crippen LogP) is 1.14. The summed E-state index contributed by atoms with van der Waals surface area (Å²) in [4.78, 5) is 22.1. The van der Waals surface area contributed by atoms with E-state index in [2.05, 4.69) is 10.2 Å². The number of nitrogens with one attached hydrogen (secondary N) is 1. The van der Waals surface area contributed by atoms with Gasteiger partial charge in [-0.1, -0.05) is 18.2 Å². The van der Waals surface area contributed by atoms with E-state index in [0.29, 0.717) is 11.1 Å². The third kappa shape index (κ3) is 1.83. The highest BCUT2D eigenvalue weighted by Gasteiger charge is 2.10. The minimum Gasteiger partial charge on any atom is -0.478 e. The maximum Gasteiger partial charge on any atom is 0.336 e. The molecule has 2 rings (SSSR count). The molecule has 0 aliphatic heterocycles. The number of rotatable bonds is 2. The summed E-state index contributed by atoms with van der Waals surface area (Å²) in [7, 11) is 0. The summed E-state index contributed by atoms with van der Waals surface area (Å²) in [6.07, 6.45) is 1.42. The van der Waals surface area contributed by atoms with E-state index in [1.807, 2.05) is 0 Å². The first kappa shape index (κ1) is 10.1. The highest BCUT2D eigenvalue weighted by Crippen LogP contribution is 2.21. The molecule has 0 saturated carbocycles. The summed E-state index contributed by atoms with van der Waals surface area (Å²) < 4.78 is 0. The Morgan fingerprint density at radius 1 is 1.31 bits per heavy atom. The molecule has 5 heteroatoms. The zero-order valence-electron chi connectivity index (χ0n) is 8.18. The van der Waals surface area contributed by atoms with Crippen LogP contribution in [0.4, 0.5) is 0 Å². The fraction of sp³-hybridized carbons (Fsp3) is 0. The molecule has 0 spiro atoms. The molecule has 0 radical (unpaired) electrons. The summed E-state index contributed by atoms with van der Waals surface area (Å²) in [5.74, 6) is -1.03. The molecule has 80 valence electrons. The third-order valence-electron chi connectivity index (χ3n) is 2.13. The van der Waals surface area contributed by atoms with Crippen LogP contribution < -0.4 is 5.56 Å². The number of nitrogens with zero attached hydrogens (tertiary/aromatic N) is 1. The van der Waals surface area contributed by atoms with Crippen molar-refractivity contribution in [2.45, 2.75) is 0 Å². The second-order valence-corrected chi connectivity index (χ2v) is 3.18. The lowest BCUT2D eigenvalue weighted by molar-refractivity contribution is 0.0697. The fourth-order valence-electron chi connectivity index (χ4n) is 1.44. The molecule has 5 nitrogen and oxygen atoms in total. The quantitative estimate of drug-likeness (QED) is 0.788. The van der Waals surface area contributed by atoms with Crippen LogP contribution in [0.15, 0.2) is 41.3 Å². The smallest absolute Gasteiger partial charge is 0.336 e. The number of aromatic amines is 1. The Morgan fingerprint density at radius 2 is 2.06 bits per heavy atom. The van der Waals surface area contributed by atoms with Gasteiger partial charge in [0.2, 0.25) is 0 Å². The number of aromatic carboxylic acids is 1. The van der Waals surface area contributed by atoms with Crippen LogP contribution in [0, 0.1) is 0 Å². The molecule has 1 heterocycles. The van der Waals surface area contributed by atoms with Gasteiger partial charge in [0.25, 0.3) is 5.56 Å². The van der Waals surface area contributed by atoms with Gasteiger partial charge in [-0.2, -0.15) is 5.10 Å².